The molecule has 0 aliphatic carbocycles. The van der Waals surface area contributed by atoms with Crippen molar-refractivity contribution in [1.82, 2.24) is 0 Å². The largest absolute Gasteiger partial charge is 0.421 e. The fourth-order valence-electron chi connectivity index (χ4n) is 3.48. The van der Waals surface area contributed by atoms with Gasteiger partial charge in [-0.05, 0) is 31.9 Å². The van der Waals surface area contributed by atoms with Crippen molar-refractivity contribution in [2.45, 2.75) is 0 Å². The summed E-state index contributed by atoms with van der Waals surface area (Å²) in [6.07, 6.45) is 0. The Hall–Kier alpha value is -2.68. The van der Waals surface area contributed by atoms with E-state index >= 15 is 0 Å². The zero-order valence-electron chi connectivity index (χ0n) is 13.3. The van der Waals surface area contributed by atoms with Gasteiger partial charge in [-0.1, -0.05) is 90.6 Å². The van der Waals surface area contributed by atoms with Gasteiger partial charge >= 0.3 is 0 Å². The first-order chi connectivity index (χ1) is 11.7. The van der Waals surface area contributed by atoms with Gasteiger partial charge in [-0.25, -0.2) is 0 Å². The quantitative estimate of drug-likeness (QED) is 0.568. The summed E-state index contributed by atoms with van der Waals surface area (Å²) in [5, 5.41) is 6.47. The van der Waals surface area contributed by atoms with Crippen LogP contribution in [-0.4, -0.2) is 13.1 Å². The van der Waals surface area contributed by atoms with Crippen molar-refractivity contribution in [3.63, 3.8) is 0 Å². The molecule has 116 valence electrons. The van der Waals surface area contributed by atoms with Crippen LogP contribution >= 0.6 is 0 Å². The Kier molecular flexibility index (Phi) is 3.56. The van der Waals surface area contributed by atoms with Gasteiger partial charge in [0, 0.05) is 0 Å². The summed E-state index contributed by atoms with van der Waals surface area (Å²) in [7, 11) is -3.04. The SMILES string of the molecule is C=C[Si](O)(c1cccc2ccccc12)c1cccc2ccccc12. The maximum atomic E-state index is 11.8. The highest BCUT2D eigenvalue weighted by atomic mass is 28.4. The Labute approximate surface area is 142 Å². The first kappa shape index (κ1) is 14.9. The second-order valence-corrected chi connectivity index (χ2v) is 9.04. The highest BCUT2D eigenvalue weighted by Crippen LogP contribution is 2.19. The Morgan fingerprint density at radius 2 is 1.04 bits per heavy atom. The molecule has 4 aromatic rings. The summed E-state index contributed by atoms with van der Waals surface area (Å²) in [6, 6.07) is 28.7. The third-order valence-corrected chi connectivity index (χ3v) is 7.80. The molecular weight excluding hydrogens is 308 g/mol. The average Bonchev–Trinajstić information content (AvgIpc) is 2.66. The lowest BCUT2D eigenvalue weighted by Gasteiger charge is -2.25. The molecule has 0 radical (unpaired) electrons. The molecule has 2 heteroatoms. The minimum atomic E-state index is -3.04. The van der Waals surface area contributed by atoms with E-state index in [1.54, 1.807) is 5.70 Å². The van der Waals surface area contributed by atoms with Crippen molar-refractivity contribution >= 4 is 40.2 Å². The first-order valence-corrected chi connectivity index (χ1v) is 10.1. The van der Waals surface area contributed by atoms with E-state index in [0.29, 0.717) is 0 Å². The topological polar surface area (TPSA) is 20.2 Å². The summed E-state index contributed by atoms with van der Waals surface area (Å²) >= 11 is 0. The first-order valence-electron chi connectivity index (χ1n) is 8.06. The van der Waals surface area contributed by atoms with Crippen LogP contribution < -0.4 is 10.4 Å². The van der Waals surface area contributed by atoms with Crippen LogP contribution in [0.25, 0.3) is 21.5 Å². The Morgan fingerprint density at radius 1 is 0.625 bits per heavy atom. The summed E-state index contributed by atoms with van der Waals surface area (Å²) in [5.74, 6) is 0. The predicted octanol–water partition coefficient (Wildman–Crippen LogP) is 3.77. The number of benzene rings is 4. The molecule has 24 heavy (non-hydrogen) atoms. The van der Waals surface area contributed by atoms with Gasteiger partial charge < -0.3 is 4.80 Å². The molecular formula is C22H18OSi. The highest BCUT2D eigenvalue weighted by Gasteiger charge is 2.35. The molecule has 1 nitrogen and oxygen atoms in total. The normalized spacial score (nSPS) is 11.7. The Bertz CT molecular complexity index is 962. The zero-order valence-corrected chi connectivity index (χ0v) is 14.3. The molecule has 4 rings (SSSR count). The molecule has 1 N–H and O–H groups in total. The highest BCUT2D eigenvalue weighted by molar-refractivity contribution is 7.02. The second kappa shape index (κ2) is 5.75. The third kappa shape index (κ3) is 2.20. The van der Waals surface area contributed by atoms with E-state index < -0.39 is 8.32 Å². The molecule has 0 saturated carbocycles. The Balaban J connectivity index is 2.07. The minimum Gasteiger partial charge on any atom is -0.421 e. The molecule has 0 aliphatic heterocycles. The lowest BCUT2D eigenvalue weighted by molar-refractivity contribution is 0.583. The molecule has 0 aliphatic rings. The summed E-state index contributed by atoms with van der Waals surface area (Å²) in [6.45, 7) is 4.01. The van der Waals surface area contributed by atoms with E-state index in [1.165, 1.54) is 0 Å². The van der Waals surface area contributed by atoms with Crippen LogP contribution in [0.2, 0.25) is 0 Å². The molecule has 0 unspecified atom stereocenters. The van der Waals surface area contributed by atoms with Gasteiger partial charge in [0.05, 0.1) is 0 Å². The molecule has 0 fully saturated rings. The molecule has 0 bridgehead atoms. The minimum absolute atomic E-state index is 0.993. The maximum Gasteiger partial charge on any atom is 0.278 e. The molecule has 0 heterocycles. The smallest absolute Gasteiger partial charge is 0.278 e. The average molecular weight is 326 g/mol. The van der Waals surface area contributed by atoms with Crippen LogP contribution in [0.5, 0.6) is 0 Å². The van der Waals surface area contributed by atoms with Crippen molar-refractivity contribution in [2.24, 2.45) is 0 Å². The number of hydrogen-bond donors (Lipinski definition) is 1. The van der Waals surface area contributed by atoms with Crippen LogP contribution in [0.4, 0.5) is 0 Å². The van der Waals surface area contributed by atoms with E-state index in [1.807, 2.05) is 48.5 Å². The second-order valence-electron chi connectivity index (χ2n) is 6.02. The van der Waals surface area contributed by atoms with E-state index in [-0.39, 0.29) is 0 Å². The number of hydrogen-bond acceptors (Lipinski definition) is 1. The van der Waals surface area contributed by atoms with Crippen molar-refractivity contribution in [1.29, 1.82) is 0 Å². The van der Waals surface area contributed by atoms with Crippen LogP contribution in [0.15, 0.2) is 97.2 Å². The van der Waals surface area contributed by atoms with Gasteiger partial charge in [0.1, 0.15) is 0 Å². The Morgan fingerprint density at radius 3 is 1.50 bits per heavy atom. The van der Waals surface area contributed by atoms with E-state index in [2.05, 4.69) is 43.0 Å². The van der Waals surface area contributed by atoms with E-state index in [9.17, 15) is 4.80 Å². The fourth-order valence-corrected chi connectivity index (χ4v) is 6.19. The van der Waals surface area contributed by atoms with Gasteiger partial charge in [0.15, 0.2) is 0 Å². The van der Waals surface area contributed by atoms with Gasteiger partial charge in [-0.2, -0.15) is 0 Å². The summed E-state index contributed by atoms with van der Waals surface area (Å²) < 4.78 is 0. The third-order valence-electron chi connectivity index (χ3n) is 4.70. The molecule has 0 saturated heterocycles. The fraction of sp³-hybridized carbons (Fsp3) is 0. The van der Waals surface area contributed by atoms with Gasteiger partial charge in [0.2, 0.25) is 0 Å². The molecule has 0 atom stereocenters. The number of fused-ring (bicyclic) bond motifs is 2. The van der Waals surface area contributed by atoms with Crippen molar-refractivity contribution < 1.29 is 4.80 Å². The monoisotopic (exact) mass is 326 g/mol. The van der Waals surface area contributed by atoms with Gasteiger partial charge in [-0.15, -0.1) is 6.58 Å². The molecule has 0 amide bonds. The van der Waals surface area contributed by atoms with E-state index in [4.69, 9.17) is 0 Å². The van der Waals surface area contributed by atoms with Crippen LogP contribution in [0.1, 0.15) is 0 Å². The molecule has 4 aromatic carbocycles. The van der Waals surface area contributed by atoms with Crippen molar-refractivity contribution in [3.8, 4) is 0 Å². The van der Waals surface area contributed by atoms with Crippen LogP contribution in [0, 0.1) is 0 Å². The zero-order chi connectivity index (χ0) is 16.6. The maximum absolute atomic E-state index is 11.8. The molecule has 0 spiro atoms. The lowest BCUT2D eigenvalue weighted by atomic mass is 10.1. The summed E-state index contributed by atoms with van der Waals surface area (Å²) in [5.41, 5.74) is 1.77. The van der Waals surface area contributed by atoms with Crippen molar-refractivity contribution in [2.75, 3.05) is 0 Å². The van der Waals surface area contributed by atoms with Crippen LogP contribution in [-0.2, 0) is 0 Å². The lowest BCUT2D eigenvalue weighted by Crippen LogP contribution is -2.57. The van der Waals surface area contributed by atoms with Gasteiger partial charge in [-0.3, -0.25) is 0 Å². The van der Waals surface area contributed by atoms with Gasteiger partial charge in [0.25, 0.3) is 8.32 Å². The van der Waals surface area contributed by atoms with Crippen LogP contribution in [0.3, 0.4) is 0 Å². The number of rotatable bonds is 3. The van der Waals surface area contributed by atoms with E-state index in [0.717, 1.165) is 31.9 Å². The standard InChI is InChI=1S/C22H18OSi/c1-2-24(23,21-15-7-11-17-9-3-5-13-19(17)21)22-16-8-12-18-10-4-6-14-20(18)22/h2-16,23H,1H2. The summed E-state index contributed by atoms with van der Waals surface area (Å²) in [4.78, 5) is 11.8. The predicted molar refractivity (Wildman–Crippen MR) is 105 cm³/mol. The molecule has 0 aromatic heterocycles. The van der Waals surface area contributed by atoms with Crippen molar-refractivity contribution in [3.05, 3.63) is 97.2 Å².